The van der Waals surface area contributed by atoms with Gasteiger partial charge in [0.05, 0.1) is 0 Å². The smallest absolute Gasteiger partial charge is 0.150 e. The summed E-state index contributed by atoms with van der Waals surface area (Å²) in [5.41, 5.74) is 5.58. The van der Waals surface area contributed by atoms with Crippen molar-refractivity contribution in [3.05, 3.63) is 35.9 Å². The molecule has 0 spiro atoms. The molecule has 0 saturated heterocycles. The van der Waals surface area contributed by atoms with E-state index in [4.69, 9.17) is 5.73 Å². The van der Waals surface area contributed by atoms with E-state index in [1.54, 1.807) is 12.1 Å². The molecule has 0 aromatic heterocycles. The van der Waals surface area contributed by atoms with Crippen LogP contribution >= 0.6 is 0 Å². The number of rotatable bonds is 1. The molecule has 1 rings (SSSR count). The Bertz CT molecular complexity index is 184. The zero-order valence-electron chi connectivity index (χ0n) is 6.66. The number of carbonyl (C=O) groups is 1. The largest absolute Gasteiger partial charge is 0.331 e. The molecule has 2 nitrogen and oxygen atoms in total. The fourth-order valence-electron chi connectivity index (χ4n) is 0.532. The Labute approximate surface area is 67.0 Å². The number of carbonyl (C=O) groups excluding carboxylic acids is 1. The van der Waals surface area contributed by atoms with Crippen molar-refractivity contribution in [3.63, 3.8) is 0 Å². The van der Waals surface area contributed by atoms with Crippen molar-refractivity contribution in [1.82, 2.24) is 0 Å². The molecule has 0 aliphatic heterocycles. The van der Waals surface area contributed by atoms with E-state index in [0.717, 1.165) is 18.4 Å². The molecule has 0 saturated carbocycles. The lowest BCUT2D eigenvalue weighted by Gasteiger charge is -1.81. The first-order valence-corrected chi connectivity index (χ1v) is 3.55. The molecule has 0 amide bonds. The summed E-state index contributed by atoms with van der Waals surface area (Å²) >= 11 is 0. The lowest BCUT2D eigenvalue weighted by Crippen LogP contribution is -1.87. The minimum atomic E-state index is 0.729. The van der Waals surface area contributed by atoms with E-state index in [2.05, 4.69) is 0 Å². The Morgan fingerprint density at radius 1 is 1.36 bits per heavy atom. The van der Waals surface area contributed by atoms with Crippen molar-refractivity contribution in [3.8, 4) is 0 Å². The van der Waals surface area contributed by atoms with Crippen LogP contribution in [-0.4, -0.2) is 12.8 Å². The fraction of sp³-hybridized carbons (Fsp3) is 0.222. The van der Waals surface area contributed by atoms with E-state index in [9.17, 15) is 4.79 Å². The number of benzene rings is 1. The second-order valence-corrected chi connectivity index (χ2v) is 1.94. The van der Waals surface area contributed by atoms with Crippen LogP contribution in [0.4, 0.5) is 0 Å². The number of hydrogen-bond acceptors (Lipinski definition) is 2. The van der Waals surface area contributed by atoms with Gasteiger partial charge < -0.3 is 5.73 Å². The molecule has 0 aliphatic carbocycles. The summed E-state index contributed by atoms with van der Waals surface area (Å²) in [6, 6.07) is 9.10. The monoisotopic (exact) mass is 151 g/mol. The Morgan fingerprint density at radius 3 is 2.09 bits per heavy atom. The van der Waals surface area contributed by atoms with Gasteiger partial charge >= 0.3 is 0 Å². The van der Waals surface area contributed by atoms with E-state index in [-0.39, 0.29) is 0 Å². The second kappa shape index (κ2) is 6.96. The standard InChI is InChI=1S/C7H6O.C2H7N/c8-6-7-4-2-1-3-5-7;1-2-3/h1-6H;2-3H2,1H3. The van der Waals surface area contributed by atoms with Crippen LogP contribution in [0, 0.1) is 0 Å². The van der Waals surface area contributed by atoms with Crippen molar-refractivity contribution in [2.45, 2.75) is 6.92 Å². The molecule has 60 valence electrons. The summed E-state index contributed by atoms with van der Waals surface area (Å²) in [6.07, 6.45) is 0.833. The van der Waals surface area contributed by atoms with Gasteiger partial charge in [0, 0.05) is 5.56 Å². The molecule has 0 unspecified atom stereocenters. The Balaban J connectivity index is 0.000000292. The number of hydrogen-bond donors (Lipinski definition) is 1. The van der Waals surface area contributed by atoms with Crippen LogP contribution in [-0.2, 0) is 0 Å². The summed E-state index contributed by atoms with van der Waals surface area (Å²) in [5, 5.41) is 0. The van der Waals surface area contributed by atoms with Crippen LogP contribution in [0.15, 0.2) is 30.3 Å². The molecule has 0 aliphatic rings. The molecule has 0 atom stereocenters. The molecule has 2 N–H and O–H groups in total. The third kappa shape index (κ3) is 5.30. The molecule has 0 heterocycles. The van der Waals surface area contributed by atoms with Gasteiger partial charge in [-0.1, -0.05) is 37.3 Å². The second-order valence-electron chi connectivity index (χ2n) is 1.94. The van der Waals surface area contributed by atoms with Gasteiger partial charge in [-0.2, -0.15) is 0 Å². The van der Waals surface area contributed by atoms with Crippen LogP contribution < -0.4 is 5.73 Å². The molecule has 0 radical (unpaired) electrons. The number of nitrogens with two attached hydrogens (primary N) is 1. The quantitative estimate of drug-likeness (QED) is 0.617. The molecular formula is C9H13NO. The van der Waals surface area contributed by atoms with Gasteiger partial charge in [-0.05, 0) is 6.54 Å². The minimum absolute atomic E-state index is 0.729. The highest BCUT2D eigenvalue weighted by Crippen LogP contribution is 1.91. The first kappa shape index (κ1) is 9.85. The predicted molar refractivity (Wildman–Crippen MR) is 46.6 cm³/mol. The van der Waals surface area contributed by atoms with Gasteiger partial charge in [-0.3, -0.25) is 4.79 Å². The van der Waals surface area contributed by atoms with E-state index in [0.29, 0.717) is 0 Å². The van der Waals surface area contributed by atoms with Gasteiger partial charge in [0.15, 0.2) is 0 Å². The zero-order valence-corrected chi connectivity index (χ0v) is 6.66. The van der Waals surface area contributed by atoms with E-state index in [1.807, 2.05) is 25.1 Å². The maximum atomic E-state index is 10.0. The van der Waals surface area contributed by atoms with Crippen molar-refractivity contribution < 1.29 is 4.79 Å². The molecule has 0 bridgehead atoms. The third-order valence-electron chi connectivity index (χ3n) is 0.936. The van der Waals surface area contributed by atoms with Crippen LogP contribution in [0.2, 0.25) is 0 Å². The summed E-state index contributed by atoms with van der Waals surface area (Å²) < 4.78 is 0. The normalized spacial score (nSPS) is 7.82. The third-order valence-corrected chi connectivity index (χ3v) is 0.936. The van der Waals surface area contributed by atoms with Crippen molar-refractivity contribution in [2.24, 2.45) is 5.73 Å². The van der Waals surface area contributed by atoms with Crippen LogP contribution in [0.1, 0.15) is 17.3 Å². The van der Waals surface area contributed by atoms with Gasteiger partial charge in [0.1, 0.15) is 6.29 Å². The highest BCUT2D eigenvalue weighted by Gasteiger charge is 1.79. The van der Waals surface area contributed by atoms with Crippen molar-refractivity contribution in [2.75, 3.05) is 6.54 Å². The van der Waals surface area contributed by atoms with E-state index < -0.39 is 0 Å². The highest BCUT2D eigenvalue weighted by atomic mass is 16.1. The maximum absolute atomic E-state index is 10.0. The summed E-state index contributed by atoms with van der Waals surface area (Å²) in [6.45, 7) is 2.65. The first-order valence-electron chi connectivity index (χ1n) is 3.55. The SMILES string of the molecule is CCN.O=Cc1ccccc1. The molecule has 2 heteroatoms. The fourth-order valence-corrected chi connectivity index (χ4v) is 0.532. The molecule has 1 aromatic carbocycles. The number of aldehydes is 1. The average molecular weight is 151 g/mol. The Kier molecular flexibility index (Phi) is 6.24. The van der Waals surface area contributed by atoms with Gasteiger partial charge in [-0.15, -0.1) is 0 Å². The minimum Gasteiger partial charge on any atom is -0.331 e. The topological polar surface area (TPSA) is 43.1 Å². The molecular weight excluding hydrogens is 138 g/mol. The Hall–Kier alpha value is -1.15. The van der Waals surface area contributed by atoms with Gasteiger partial charge in [-0.25, -0.2) is 0 Å². The van der Waals surface area contributed by atoms with Gasteiger partial charge in [0.2, 0.25) is 0 Å². The maximum Gasteiger partial charge on any atom is 0.150 e. The molecule has 1 aromatic rings. The molecule has 0 fully saturated rings. The summed E-state index contributed by atoms with van der Waals surface area (Å²) in [4.78, 5) is 10.0. The Morgan fingerprint density at radius 2 is 1.82 bits per heavy atom. The average Bonchev–Trinajstić information content (AvgIpc) is 2.08. The van der Waals surface area contributed by atoms with Crippen LogP contribution in [0.3, 0.4) is 0 Å². The van der Waals surface area contributed by atoms with Crippen molar-refractivity contribution >= 4 is 6.29 Å². The van der Waals surface area contributed by atoms with Crippen LogP contribution in [0.5, 0.6) is 0 Å². The van der Waals surface area contributed by atoms with Crippen molar-refractivity contribution in [1.29, 1.82) is 0 Å². The van der Waals surface area contributed by atoms with E-state index in [1.165, 1.54) is 0 Å². The van der Waals surface area contributed by atoms with E-state index >= 15 is 0 Å². The lowest BCUT2D eigenvalue weighted by molar-refractivity contribution is 0.112. The predicted octanol–water partition coefficient (Wildman–Crippen LogP) is 1.46. The summed E-state index contributed by atoms with van der Waals surface area (Å²) in [5.74, 6) is 0. The van der Waals surface area contributed by atoms with Crippen LogP contribution in [0.25, 0.3) is 0 Å². The van der Waals surface area contributed by atoms with Gasteiger partial charge in [0.25, 0.3) is 0 Å². The molecule has 11 heavy (non-hydrogen) atoms. The lowest BCUT2D eigenvalue weighted by atomic mass is 10.2. The first-order chi connectivity index (χ1) is 5.35. The summed E-state index contributed by atoms with van der Waals surface area (Å²) in [7, 11) is 0. The highest BCUT2D eigenvalue weighted by molar-refractivity contribution is 5.74. The zero-order chi connectivity index (χ0) is 8.53.